The summed E-state index contributed by atoms with van der Waals surface area (Å²) in [6.45, 7) is 2.92. The van der Waals surface area contributed by atoms with Crippen LogP contribution in [0.25, 0.3) is 11.1 Å². The first-order valence-electron chi connectivity index (χ1n) is 14.6. The Morgan fingerprint density at radius 2 is 1.71 bits per heavy atom. The van der Waals surface area contributed by atoms with Crippen molar-refractivity contribution in [1.82, 2.24) is 19.9 Å². The number of rotatable bonds is 9. The highest BCUT2D eigenvalue weighted by atomic mass is 35.5. The summed E-state index contributed by atoms with van der Waals surface area (Å²) >= 11 is 12.5. The zero-order valence-corrected chi connectivity index (χ0v) is 26.0. The first-order chi connectivity index (χ1) is 21.9. The number of nitrogens with zero attached hydrogens (tertiary/aromatic N) is 3. The fourth-order valence-corrected chi connectivity index (χ4v) is 5.78. The number of carbonyl (C=O) groups excluding carboxylic acids is 1. The van der Waals surface area contributed by atoms with Gasteiger partial charge in [0.2, 0.25) is 0 Å². The van der Waals surface area contributed by atoms with Crippen molar-refractivity contribution in [2.24, 2.45) is 5.92 Å². The number of carbonyl (C=O) groups is 1. The lowest BCUT2D eigenvalue weighted by Gasteiger charge is -2.41. The van der Waals surface area contributed by atoms with Gasteiger partial charge in [-0.2, -0.15) is 0 Å². The molecule has 2 N–H and O–H groups in total. The number of amides is 1. The SMILES string of the molecule is C[C@@H]1[C@H](Cn2cnc(Cl)c2Cl)O[C@H](c2ccc(-c3cccc(CNC(=O)c4cccnc4)c3)cc2)O[C@@H]1c1ccc(CO)cc1. The predicted molar refractivity (Wildman–Crippen MR) is 173 cm³/mol. The fraction of sp³-hybridized carbons (Fsp3) is 0.229. The molecule has 1 aliphatic heterocycles. The Morgan fingerprint density at radius 1 is 0.933 bits per heavy atom. The minimum absolute atomic E-state index is 0.0229. The van der Waals surface area contributed by atoms with E-state index in [0.29, 0.717) is 23.8 Å². The van der Waals surface area contributed by atoms with Crippen molar-refractivity contribution in [3.05, 3.63) is 142 Å². The summed E-state index contributed by atoms with van der Waals surface area (Å²) in [6.07, 6.45) is 3.65. The molecule has 8 nitrogen and oxygen atoms in total. The van der Waals surface area contributed by atoms with Crippen LogP contribution in [0, 0.1) is 5.92 Å². The standard InChI is InChI=1S/C35H32Cl2N4O4/c1-22-30(19-41-21-40-32(36)33(41)37)44-35(45-31(22)26-9-7-23(20-42)8-10-26)27-13-11-25(12-14-27)28-5-2-4-24(16-28)17-39-34(43)29-6-3-15-38-18-29/h2-16,18,21-22,30-31,35,42H,17,19-20H2,1H3,(H,39,43)/t22-,30+,31+,35+/m1/s1. The monoisotopic (exact) mass is 642 g/mol. The van der Waals surface area contributed by atoms with E-state index in [0.717, 1.165) is 33.4 Å². The molecule has 0 aliphatic carbocycles. The van der Waals surface area contributed by atoms with Crippen LogP contribution in [0.5, 0.6) is 0 Å². The third kappa shape index (κ3) is 7.11. The normalized spacial score (nSPS) is 19.7. The van der Waals surface area contributed by atoms with Gasteiger partial charge < -0.3 is 24.5 Å². The van der Waals surface area contributed by atoms with Crippen LogP contribution in [0.4, 0.5) is 0 Å². The molecular weight excluding hydrogens is 611 g/mol. The van der Waals surface area contributed by atoms with E-state index in [4.69, 9.17) is 32.7 Å². The molecule has 1 aliphatic rings. The number of ether oxygens (including phenoxy) is 2. The van der Waals surface area contributed by atoms with Gasteiger partial charge in [0, 0.05) is 30.4 Å². The van der Waals surface area contributed by atoms with Gasteiger partial charge in [0.05, 0.1) is 37.3 Å². The van der Waals surface area contributed by atoms with E-state index in [2.05, 4.69) is 28.3 Å². The van der Waals surface area contributed by atoms with E-state index in [1.807, 2.05) is 66.7 Å². The van der Waals surface area contributed by atoms with Gasteiger partial charge in [-0.15, -0.1) is 0 Å². The zero-order chi connectivity index (χ0) is 31.3. The topological polar surface area (TPSA) is 98.5 Å². The van der Waals surface area contributed by atoms with Crippen LogP contribution < -0.4 is 5.32 Å². The third-order valence-electron chi connectivity index (χ3n) is 8.05. The first kappa shape index (κ1) is 31.0. The number of hydrogen-bond donors (Lipinski definition) is 2. The van der Waals surface area contributed by atoms with Crippen molar-refractivity contribution in [2.75, 3.05) is 0 Å². The maximum absolute atomic E-state index is 12.5. The van der Waals surface area contributed by atoms with Crippen molar-refractivity contribution in [1.29, 1.82) is 0 Å². The number of aromatic nitrogens is 3. The molecule has 230 valence electrons. The number of imidazole rings is 1. The minimum Gasteiger partial charge on any atom is -0.392 e. The minimum atomic E-state index is -0.630. The molecule has 0 radical (unpaired) electrons. The average Bonchev–Trinajstić information content (AvgIpc) is 3.41. The van der Waals surface area contributed by atoms with Crippen LogP contribution >= 0.6 is 23.2 Å². The molecule has 45 heavy (non-hydrogen) atoms. The number of halogens is 2. The van der Waals surface area contributed by atoms with E-state index in [-0.39, 0.29) is 35.8 Å². The number of aliphatic hydroxyl groups is 1. The Balaban J connectivity index is 1.20. The second-order valence-corrected chi connectivity index (χ2v) is 11.8. The molecule has 0 bridgehead atoms. The molecule has 0 unspecified atom stereocenters. The molecule has 1 fully saturated rings. The summed E-state index contributed by atoms with van der Waals surface area (Å²) in [6, 6.07) is 27.4. The number of benzene rings is 3. The van der Waals surface area contributed by atoms with Crippen LogP contribution in [0.15, 0.2) is 104 Å². The molecule has 10 heteroatoms. The number of hydrogen-bond acceptors (Lipinski definition) is 6. The zero-order valence-electron chi connectivity index (χ0n) is 24.5. The summed E-state index contributed by atoms with van der Waals surface area (Å²) in [5.74, 6) is -0.196. The third-order valence-corrected chi connectivity index (χ3v) is 8.82. The molecule has 4 atom stereocenters. The van der Waals surface area contributed by atoms with E-state index in [1.54, 1.807) is 35.4 Å². The van der Waals surface area contributed by atoms with E-state index in [9.17, 15) is 9.90 Å². The van der Waals surface area contributed by atoms with Gasteiger partial charge in [0.25, 0.3) is 5.91 Å². The van der Waals surface area contributed by atoms with Crippen LogP contribution in [-0.2, 0) is 29.2 Å². The van der Waals surface area contributed by atoms with Gasteiger partial charge >= 0.3 is 0 Å². The maximum atomic E-state index is 12.5. The molecule has 2 aromatic heterocycles. The van der Waals surface area contributed by atoms with Crippen LogP contribution in [-0.4, -0.2) is 31.7 Å². The Hall–Kier alpha value is -4.05. The maximum Gasteiger partial charge on any atom is 0.253 e. The van der Waals surface area contributed by atoms with Crippen LogP contribution in [0.2, 0.25) is 10.3 Å². The average molecular weight is 644 g/mol. The Labute approximate surface area is 271 Å². The highest BCUT2D eigenvalue weighted by molar-refractivity contribution is 6.40. The highest BCUT2D eigenvalue weighted by Gasteiger charge is 2.38. The summed E-state index contributed by atoms with van der Waals surface area (Å²) in [5.41, 5.74) is 6.27. The van der Waals surface area contributed by atoms with Gasteiger partial charge in [-0.1, -0.05) is 96.9 Å². The quantitative estimate of drug-likeness (QED) is 0.177. The van der Waals surface area contributed by atoms with Gasteiger partial charge in [0.1, 0.15) is 5.15 Å². The van der Waals surface area contributed by atoms with Gasteiger partial charge in [-0.05, 0) is 46.0 Å². The molecular formula is C35H32Cl2N4O4. The Morgan fingerprint density at radius 3 is 2.40 bits per heavy atom. The molecule has 5 aromatic rings. The van der Waals surface area contributed by atoms with Crippen molar-refractivity contribution in [2.45, 2.75) is 45.1 Å². The van der Waals surface area contributed by atoms with Crippen molar-refractivity contribution < 1.29 is 19.4 Å². The number of nitrogens with one attached hydrogen (secondary N) is 1. The highest BCUT2D eigenvalue weighted by Crippen LogP contribution is 2.42. The lowest BCUT2D eigenvalue weighted by Crippen LogP contribution is -2.39. The van der Waals surface area contributed by atoms with E-state index in [1.165, 1.54) is 0 Å². The van der Waals surface area contributed by atoms with Crippen LogP contribution in [0.3, 0.4) is 0 Å². The summed E-state index contributed by atoms with van der Waals surface area (Å²) in [7, 11) is 0. The lowest BCUT2D eigenvalue weighted by molar-refractivity contribution is -0.276. The molecule has 1 amide bonds. The summed E-state index contributed by atoms with van der Waals surface area (Å²) in [4.78, 5) is 20.6. The molecule has 3 aromatic carbocycles. The number of aliphatic hydroxyl groups excluding tert-OH is 1. The van der Waals surface area contributed by atoms with Gasteiger partial charge in [-0.3, -0.25) is 9.78 Å². The van der Waals surface area contributed by atoms with E-state index >= 15 is 0 Å². The smallest absolute Gasteiger partial charge is 0.253 e. The Kier molecular flexibility index (Phi) is 9.59. The largest absolute Gasteiger partial charge is 0.392 e. The molecule has 3 heterocycles. The lowest BCUT2D eigenvalue weighted by atomic mass is 9.90. The van der Waals surface area contributed by atoms with Crippen molar-refractivity contribution >= 4 is 29.1 Å². The van der Waals surface area contributed by atoms with E-state index < -0.39 is 6.29 Å². The summed E-state index contributed by atoms with van der Waals surface area (Å²) in [5, 5.41) is 13.1. The molecule has 0 saturated carbocycles. The summed E-state index contributed by atoms with van der Waals surface area (Å²) < 4.78 is 14.9. The second kappa shape index (κ2) is 13.9. The predicted octanol–water partition coefficient (Wildman–Crippen LogP) is 7.17. The molecule has 0 spiro atoms. The van der Waals surface area contributed by atoms with Gasteiger partial charge in [0.15, 0.2) is 11.4 Å². The first-order valence-corrected chi connectivity index (χ1v) is 15.4. The van der Waals surface area contributed by atoms with Gasteiger partial charge in [-0.25, -0.2) is 4.98 Å². The Bertz CT molecular complexity index is 1750. The number of pyridine rings is 1. The molecule has 1 saturated heterocycles. The van der Waals surface area contributed by atoms with Crippen molar-refractivity contribution in [3.8, 4) is 11.1 Å². The second-order valence-electron chi connectivity index (χ2n) is 11.0. The van der Waals surface area contributed by atoms with Crippen molar-refractivity contribution in [3.63, 3.8) is 0 Å². The van der Waals surface area contributed by atoms with Crippen LogP contribution in [0.1, 0.15) is 51.9 Å². The fourth-order valence-electron chi connectivity index (χ4n) is 5.47. The molecule has 6 rings (SSSR count).